The Morgan fingerprint density at radius 1 is 1.13 bits per heavy atom. The van der Waals surface area contributed by atoms with Gasteiger partial charge in [0.05, 0.1) is 22.3 Å². The summed E-state index contributed by atoms with van der Waals surface area (Å²) < 4.78 is 1.86. The van der Waals surface area contributed by atoms with E-state index in [4.69, 9.17) is 4.98 Å². The van der Waals surface area contributed by atoms with Crippen LogP contribution in [0, 0.1) is 6.92 Å². The molecule has 0 amide bonds. The van der Waals surface area contributed by atoms with Crippen LogP contribution < -0.4 is 10.6 Å². The smallest absolute Gasteiger partial charge is 0.160 e. The molecule has 0 saturated carbocycles. The van der Waals surface area contributed by atoms with E-state index in [1.807, 2.05) is 31.8 Å². The van der Waals surface area contributed by atoms with Crippen LogP contribution in [0.1, 0.15) is 12.1 Å². The summed E-state index contributed by atoms with van der Waals surface area (Å²) in [7, 11) is 3.92. The molecule has 0 fully saturated rings. The van der Waals surface area contributed by atoms with Gasteiger partial charge in [-0.15, -0.1) is 24.8 Å². The third-order valence-corrected chi connectivity index (χ3v) is 3.75. The highest BCUT2D eigenvalue weighted by Crippen LogP contribution is 2.32. The van der Waals surface area contributed by atoms with Crippen molar-refractivity contribution in [1.82, 2.24) is 20.1 Å². The summed E-state index contributed by atoms with van der Waals surface area (Å²) in [5.74, 6) is 0. The molecular formula is C16H23Cl2N5. The molecule has 0 atom stereocenters. The Labute approximate surface area is 148 Å². The van der Waals surface area contributed by atoms with Gasteiger partial charge in [-0.05, 0) is 33.0 Å². The van der Waals surface area contributed by atoms with E-state index >= 15 is 0 Å². The number of pyridine rings is 1. The number of benzene rings is 1. The summed E-state index contributed by atoms with van der Waals surface area (Å²) in [4.78, 5) is 4.75. The molecule has 2 heterocycles. The largest absolute Gasteiger partial charge is 0.384 e. The zero-order valence-electron chi connectivity index (χ0n) is 13.6. The standard InChI is InChI=1S/C16H21N5.2ClH/c1-11-14-15(18-10-6-9-17-2)12-7-4-5-8-13(12)19-16(14)21(3)20-11;;/h4-5,7-8,17H,6,9-10H2,1-3H3,(H,18,19);2*1H. The monoisotopic (exact) mass is 355 g/mol. The van der Waals surface area contributed by atoms with Crippen molar-refractivity contribution in [3.05, 3.63) is 30.0 Å². The van der Waals surface area contributed by atoms with E-state index in [1.54, 1.807) is 0 Å². The maximum absolute atomic E-state index is 4.75. The first kappa shape index (κ1) is 19.5. The lowest BCUT2D eigenvalue weighted by molar-refractivity contribution is 0.748. The number of hydrogen-bond acceptors (Lipinski definition) is 4. The Morgan fingerprint density at radius 3 is 2.61 bits per heavy atom. The number of aryl methyl sites for hydroxylation is 2. The van der Waals surface area contributed by atoms with Crippen LogP contribution in [0.25, 0.3) is 21.9 Å². The number of fused-ring (bicyclic) bond motifs is 2. The first-order valence-corrected chi connectivity index (χ1v) is 7.33. The number of hydrogen-bond donors (Lipinski definition) is 2. The third-order valence-electron chi connectivity index (χ3n) is 3.75. The first-order valence-electron chi connectivity index (χ1n) is 7.33. The minimum absolute atomic E-state index is 0. The van der Waals surface area contributed by atoms with Crippen LogP contribution in [0.5, 0.6) is 0 Å². The SMILES string of the molecule is CNCCCNc1c2ccccc2nc2c1c(C)nn2C.Cl.Cl. The van der Waals surface area contributed by atoms with E-state index < -0.39 is 0 Å². The Kier molecular flexibility index (Phi) is 7.06. The highest BCUT2D eigenvalue weighted by atomic mass is 35.5. The van der Waals surface area contributed by atoms with Crippen LogP contribution in [0.15, 0.2) is 24.3 Å². The fourth-order valence-corrected chi connectivity index (χ4v) is 2.76. The summed E-state index contributed by atoms with van der Waals surface area (Å²) in [6.07, 6.45) is 1.08. The van der Waals surface area contributed by atoms with Crippen LogP contribution in [-0.2, 0) is 7.05 Å². The van der Waals surface area contributed by atoms with Crippen molar-refractivity contribution in [3.63, 3.8) is 0 Å². The van der Waals surface area contributed by atoms with Crippen LogP contribution in [-0.4, -0.2) is 34.9 Å². The zero-order valence-corrected chi connectivity index (χ0v) is 15.2. The second-order valence-corrected chi connectivity index (χ2v) is 5.30. The van der Waals surface area contributed by atoms with Crippen molar-refractivity contribution >= 4 is 52.4 Å². The Morgan fingerprint density at radius 2 is 1.87 bits per heavy atom. The average Bonchev–Trinajstić information content (AvgIpc) is 2.77. The van der Waals surface area contributed by atoms with Gasteiger partial charge >= 0.3 is 0 Å². The third kappa shape index (κ3) is 3.68. The average molecular weight is 356 g/mol. The van der Waals surface area contributed by atoms with E-state index in [9.17, 15) is 0 Å². The fraction of sp³-hybridized carbons (Fsp3) is 0.375. The molecule has 0 aliphatic heterocycles. The topological polar surface area (TPSA) is 54.8 Å². The van der Waals surface area contributed by atoms with Gasteiger partial charge in [0.2, 0.25) is 0 Å². The second-order valence-electron chi connectivity index (χ2n) is 5.30. The van der Waals surface area contributed by atoms with Gasteiger partial charge in [0.25, 0.3) is 0 Å². The molecule has 5 nitrogen and oxygen atoms in total. The van der Waals surface area contributed by atoms with Crippen molar-refractivity contribution < 1.29 is 0 Å². The van der Waals surface area contributed by atoms with Crippen molar-refractivity contribution in [2.45, 2.75) is 13.3 Å². The predicted octanol–water partition coefficient (Wildman–Crippen LogP) is 3.29. The molecule has 0 bridgehead atoms. The summed E-state index contributed by atoms with van der Waals surface area (Å²) in [6, 6.07) is 8.25. The number of halogens is 2. The van der Waals surface area contributed by atoms with Gasteiger partial charge in [0.15, 0.2) is 5.65 Å². The summed E-state index contributed by atoms with van der Waals surface area (Å²) in [5.41, 5.74) is 4.10. The van der Waals surface area contributed by atoms with Crippen molar-refractivity contribution in [2.24, 2.45) is 7.05 Å². The molecule has 3 rings (SSSR count). The highest BCUT2D eigenvalue weighted by molar-refractivity contribution is 6.07. The summed E-state index contributed by atoms with van der Waals surface area (Å²) >= 11 is 0. The molecule has 0 saturated heterocycles. The molecule has 3 aromatic rings. The zero-order chi connectivity index (χ0) is 14.8. The Bertz CT molecular complexity index is 785. The van der Waals surface area contributed by atoms with Crippen molar-refractivity contribution in [3.8, 4) is 0 Å². The number of rotatable bonds is 5. The van der Waals surface area contributed by atoms with Gasteiger partial charge in [-0.3, -0.25) is 4.68 Å². The number of nitrogens with zero attached hydrogens (tertiary/aromatic N) is 3. The lowest BCUT2D eigenvalue weighted by Crippen LogP contribution is -2.13. The molecule has 0 unspecified atom stereocenters. The summed E-state index contributed by atoms with van der Waals surface area (Å²) in [6.45, 7) is 3.97. The highest BCUT2D eigenvalue weighted by Gasteiger charge is 2.14. The molecule has 0 aliphatic rings. The Hall–Kier alpha value is -1.56. The molecule has 1 aromatic carbocycles. The van der Waals surface area contributed by atoms with Gasteiger partial charge < -0.3 is 10.6 Å². The van der Waals surface area contributed by atoms with Gasteiger partial charge in [0, 0.05) is 19.0 Å². The maximum Gasteiger partial charge on any atom is 0.160 e. The minimum atomic E-state index is 0. The lowest BCUT2D eigenvalue weighted by Gasteiger charge is -2.11. The molecule has 23 heavy (non-hydrogen) atoms. The van der Waals surface area contributed by atoms with Gasteiger partial charge in [0.1, 0.15) is 0 Å². The van der Waals surface area contributed by atoms with Crippen LogP contribution in [0.2, 0.25) is 0 Å². The fourth-order valence-electron chi connectivity index (χ4n) is 2.76. The molecule has 0 radical (unpaired) electrons. The van der Waals surface area contributed by atoms with Crippen molar-refractivity contribution in [1.29, 1.82) is 0 Å². The minimum Gasteiger partial charge on any atom is -0.384 e. The number of nitrogens with one attached hydrogen (secondary N) is 2. The van der Waals surface area contributed by atoms with E-state index in [1.165, 1.54) is 0 Å². The van der Waals surface area contributed by atoms with Gasteiger partial charge in [-0.2, -0.15) is 5.10 Å². The van der Waals surface area contributed by atoms with Crippen LogP contribution in [0.3, 0.4) is 0 Å². The molecule has 2 N–H and O–H groups in total. The number of anilines is 1. The predicted molar refractivity (Wildman–Crippen MR) is 102 cm³/mol. The van der Waals surface area contributed by atoms with E-state index in [2.05, 4.69) is 33.9 Å². The summed E-state index contributed by atoms with van der Waals surface area (Å²) in [5, 5.41) is 13.6. The van der Waals surface area contributed by atoms with Crippen molar-refractivity contribution in [2.75, 3.05) is 25.5 Å². The molecule has 0 spiro atoms. The maximum atomic E-state index is 4.75. The molecule has 7 heteroatoms. The van der Waals surface area contributed by atoms with Crippen LogP contribution in [0.4, 0.5) is 5.69 Å². The van der Waals surface area contributed by atoms with E-state index in [0.29, 0.717) is 0 Å². The van der Waals surface area contributed by atoms with Gasteiger partial charge in [-0.25, -0.2) is 4.98 Å². The number of para-hydroxylation sites is 1. The first-order chi connectivity index (χ1) is 10.2. The van der Waals surface area contributed by atoms with Crippen LogP contribution >= 0.6 is 24.8 Å². The van der Waals surface area contributed by atoms with E-state index in [-0.39, 0.29) is 24.8 Å². The molecule has 2 aromatic heterocycles. The quantitative estimate of drug-likeness (QED) is 0.689. The van der Waals surface area contributed by atoms with E-state index in [0.717, 1.165) is 52.8 Å². The molecule has 126 valence electrons. The van der Waals surface area contributed by atoms with Gasteiger partial charge in [-0.1, -0.05) is 18.2 Å². The normalized spacial score (nSPS) is 10.4. The Balaban J connectivity index is 0.00000132. The second kappa shape index (κ2) is 8.34. The number of aromatic nitrogens is 3. The molecule has 0 aliphatic carbocycles. The molecular weight excluding hydrogens is 333 g/mol. The lowest BCUT2D eigenvalue weighted by atomic mass is 10.1.